The fourth-order valence-electron chi connectivity index (χ4n) is 6.46. The monoisotopic (exact) mass is 600 g/mol. The predicted molar refractivity (Wildman–Crippen MR) is 193 cm³/mol. The van der Waals surface area contributed by atoms with Crippen LogP contribution in [0.3, 0.4) is 0 Å². The van der Waals surface area contributed by atoms with E-state index in [1.54, 1.807) is 0 Å². The second-order valence-corrected chi connectivity index (χ2v) is 11.7. The third kappa shape index (κ3) is 4.84. The van der Waals surface area contributed by atoms with Gasteiger partial charge in [0.25, 0.3) is 0 Å². The normalized spacial score (nSPS) is 11.4. The molecule has 5 aromatic carbocycles. The molecule has 0 saturated carbocycles. The van der Waals surface area contributed by atoms with Crippen LogP contribution >= 0.6 is 0 Å². The third-order valence-corrected chi connectivity index (χ3v) is 8.81. The van der Waals surface area contributed by atoms with E-state index in [2.05, 4.69) is 138 Å². The summed E-state index contributed by atoms with van der Waals surface area (Å²) in [6, 6.07) is 57.1. The van der Waals surface area contributed by atoms with Gasteiger partial charge in [-0.3, -0.25) is 4.40 Å². The molecule has 0 aliphatic carbocycles. The molecule has 0 N–H and O–H groups in total. The van der Waals surface area contributed by atoms with Gasteiger partial charge in [-0.2, -0.15) is 0 Å². The van der Waals surface area contributed by atoms with Crippen LogP contribution in [0.2, 0.25) is 0 Å². The standard InChI is InChI=1S/C43H28N4/c1-3-12-31(13-4-1)38-27-35(28-39(44-38)32-14-5-2-6-15-32)30-23-21-29(22-24-30)33-16-11-17-34(26-33)41-36-18-7-8-19-37(36)42-43(46-41)47-25-10-9-20-40(47)45-42/h1-28H. The minimum absolute atomic E-state index is 0.867. The Morgan fingerprint density at radius 1 is 0.362 bits per heavy atom. The van der Waals surface area contributed by atoms with Crippen LogP contribution in [0.5, 0.6) is 0 Å². The van der Waals surface area contributed by atoms with Gasteiger partial charge in [-0.15, -0.1) is 0 Å². The molecule has 0 aliphatic heterocycles. The van der Waals surface area contributed by atoms with Gasteiger partial charge >= 0.3 is 0 Å². The van der Waals surface area contributed by atoms with Crippen molar-refractivity contribution in [2.24, 2.45) is 0 Å². The van der Waals surface area contributed by atoms with Crippen molar-refractivity contribution in [3.63, 3.8) is 0 Å². The van der Waals surface area contributed by atoms with Crippen molar-refractivity contribution in [3.8, 4) is 56.0 Å². The first-order valence-electron chi connectivity index (χ1n) is 15.8. The summed E-state index contributed by atoms with van der Waals surface area (Å²) in [5.41, 5.74) is 13.4. The number of nitrogens with zero attached hydrogens (tertiary/aromatic N) is 4. The van der Waals surface area contributed by atoms with E-state index < -0.39 is 0 Å². The molecule has 4 aromatic heterocycles. The first-order valence-corrected chi connectivity index (χ1v) is 15.8. The molecule has 0 spiro atoms. The van der Waals surface area contributed by atoms with Crippen LogP contribution in [-0.4, -0.2) is 19.4 Å². The van der Waals surface area contributed by atoms with E-state index in [9.17, 15) is 0 Å². The molecule has 0 atom stereocenters. The number of rotatable bonds is 5. The summed E-state index contributed by atoms with van der Waals surface area (Å²) in [6.45, 7) is 0. The van der Waals surface area contributed by atoms with E-state index in [4.69, 9.17) is 15.0 Å². The molecule has 0 fully saturated rings. The zero-order valence-corrected chi connectivity index (χ0v) is 25.5. The largest absolute Gasteiger partial charge is 0.284 e. The van der Waals surface area contributed by atoms with Crippen molar-refractivity contribution < 1.29 is 0 Å². The summed E-state index contributed by atoms with van der Waals surface area (Å²) in [5.74, 6) is 0. The average molecular weight is 601 g/mol. The van der Waals surface area contributed by atoms with Crippen molar-refractivity contribution in [1.82, 2.24) is 19.4 Å². The Balaban J connectivity index is 1.12. The summed E-state index contributed by atoms with van der Waals surface area (Å²) in [4.78, 5) is 15.2. The summed E-state index contributed by atoms with van der Waals surface area (Å²) >= 11 is 0. The van der Waals surface area contributed by atoms with Gasteiger partial charge in [-0.1, -0.05) is 133 Å². The Labute approximate surface area is 272 Å². The molecule has 220 valence electrons. The van der Waals surface area contributed by atoms with E-state index in [0.717, 1.165) is 83.6 Å². The first-order chi connectivity index (χ1) is 23.3. The number of imidazole rings is 1. The molecule has 4 nitrogen and oxygen atoms in total. The minimum Gasteiger partial charge on any atom is -0.284 e. The summed E-state index contributed by atoms with van der Waals surface area (Å²) < 4.78 is 2.07. The van der Waals surface area contributed by atoms with Crippen molar-refractivity contribution >= 4 is 27.6 Å². The maximum Gasteiger partial charge on any atom is 0.165 e. The van der Waals surface area contributed by atoms with Crippen LogP contribution in [0, 0.1) is 0 Å². The Hall–Kier alpha value is -6.39. The van der Waals surface area contributed by atoms with Crippen LogP contribution in [-0.2, 0) is 0 Å². The van der Waals surface area contributed by atoms with Crippen molar-refractivity contribution in [1.29, 1.82) is 0 Å². The lowest BCUT2D eigenvalue weighted by Crippen LogP contribution is -1.92. The van der Waals surface area contributed by atoms with Gasteiger partial charge in [-0.25, -0.2) is 15.0 Å². The Kier molecular flexibility index (Phi) is 6.43. The lowest BCUT2D eigenvalue weighted by Gasteiger charge is -2.12. The predicted octanol–water partition coefficient (Wildman–Crippen LogP) is 10.8. The second-order valence-electron chi connectivity index (χ2n) is 11.7. The van der Waals surface area contributed by atoms with Crippen LogP contribution in [0.15, 0.2) is 170 Å². The van der Waals surface area contributed by atoms with Gasteiger partial charge in [0.1, 0.15) is 11.2 Å². The van der Waals surface area contributed by atoms with E-state index >= 15 is 0 Å². The van der Waals surface area contributed by atoms with Crippen LogP contribution in [0.25, 0.3) is 83.6 Å². The van der Waals surface area contributed by atoms with Crippen molar-refractivity contribution in [2.45, 2.75) is 0 Å². The molecule has 9 aromatic rings. The SMILES string of the molecule is c1ccc(-c2cc(-c3ccc(-c4cccc(-c5nc6c(nc7ccccn76)c6ccccc56)c4)cc3)cc(-c3ccccc3)n2)cc1. The highest BCUT2D eigenvalue weighted by molar-refractivity contribution is 6.09. The van der Waals surface area contributed by atoms with Crippen LogP contribution < -0.4 is 0 Å². The molecular formula is C43H28N4. The molecule has 0 saturated heterocycles. The molecule has 4 heteroatoms. The minimum atomic E-state index is 0.867. The molecule has 47 heavy (non-hydrogen) atoms. The number of hydrogen-bond acceptors (Lipinski definition) is 3. The summed E-state index contributed by atoms with van der Waals surface area (Å²) in [5, 5.41) is 2.20. The van der Waals surface area contributed by atoms with Gasteiger partial charge in [0.05, 0.1) is 17.1 Å². The number of hydrogen-bond donors (Lipinski definition) is 0. The molecule has 0 bridgehead atoms. The van der Waals surface area contributed by atoms with Crippen molar-refractivity contribution in [3.05, 3.63) is 170 Å². The number of aromatic nitrogens is 4. The van der Waals surface area contributed by atoms with Gasteiger partial charge in [0.15, 0.2) is 5.65 Å². The quantitative estimate of drug-likeness (QED) is 0.197. The van der Waals surface area contributed by atoms with Crippen LogP contribution in [0.4, 0.5) is 0 Å². The highest BCUT2D eigenvalue weighted by Gasteiger charge is 2.15. The molecule has 0 unspecified atom stereocenters. The molecular weight excluding hydrogens is 573 g/mol. The smallest absolute Gasteiger partial charge is 0.165 e. The third-order valence-electron chi connectivity index (χ3n) is 8.81. The number of benzene rings is 5. The maximum atomic E-state index is 5.21. The van der Waals surface area contributed by atoms with E-state index in [1.165, 1.54) is 0 Å². The highest BCUT2D eigenvalue weighted by Crippen LogP contribution is 2.35. The Bertz CT molecular complexity index is 2490. The summed E-state index contributed by atoms with van der Waals surface area (Å²) in [6.07, 6.45) is 2.03. The number of pyridine rings is 3. The molecule has 4 heterocycles. The van der Waals surface area contributed by atoms with Crippen molar-refractivity contribution in [2.75, 3.05) is 0 Å². The number of fused-ring (bicyclic) bond motifs is 5. The highest BCUT2D eigenvalue weighted by atomic mass is 15.1. The fourth-order valence-corrected chi connectivity index (χ4v) is 6.46. The zero-order chi connectivity index (χ0) is 31.2. The molecule has 9 rings (SSSR count). The van der Waals surface area contributed by atoms with E-state index in [-0.39, 0.29) is 0 Å². The molecule has 0 amide bonds. The van der Waals surface area contributed by atoms with Gasteiger partial charge in [-0.05, 0) is 52.6 Å². The van der Waals surface area contributed by atoms with E-state index in [0.29, 0.717) is 0 Å². The van der Waals surface area contributed by atoms with Gasteiger partial charge in [0, 0.05) is 33.7 Å². The van der Waals surface area contributed by atoms with Gasteiger partial charge in [0.2, 0.25) is 0 Å². The zero-order valence-electron chi connectivity index (χ0n) is 25.5. The topological polar surface area (TPSA) is 43.1 Å². The maximum absolute atomic E-state index is 5.21. The Morgan fingerprint density at radius 2 is 0.936 bits per heavy atom. The molecule has 0 radical (unpaired) electrons. The Morgan fingerprint density at radius 3 is 1.64 bits per heavy atom. The average Bonchev–Trinajstić information content (AvgIpc) is 3.54. The second kappa shape index (κ2) is 11.2. The lowest BCUT2D eigenvalue weighted by molar-refractivity contribution is 1.19. The summed E-state index contributed by atoms with van der Waals surface area (Å²) in [7, 11) is 0. The van der Waals surface area contributed by atoms with Gasteiger partial charge < -0.3 is 0 Å². The van der Waals surface area contributed by atoms with E-state index in [1.807, 2.05) is 36.5 Å². The fraction of sp³-hybridized carbons (Fsp3) is 0. The molecule has 0 aliphatic rings. The lowest BCUT2D eigenvalue weighted by atomic mass is 9.96. The van der Waals surface area contributed by atoms with Crippen LogP contribution in [0.1, 0.15) is 0 Å². The first kappa shape index (κ1) is 27.0.